The van der Waals surface area contributed by atoms with E-state index in [2.05, 4.69) is 6.58 Å². The first-order chi connectivity index (χ1) is 12.3. The van der Waals surface area contributed by atoms with Crippen LogP contribution < -0.4 is 10.2 Å². The van der Waals surface area contributed by atoms with E-state index >= 15 is 0 Å². The van der Waals surface area contributed by atoms with Gasteiger partial charge in [-0.3, -0.25) is 4.79 Å². The lowest BCUT2D eigenvalue weighted by molar-refractivity contribution is -0.317. The van der Waals surface area contributed by atoms with Crippen LogP contribution in [0.2, 0.25) is 0 Å². The topological polar surface area (TPSA) is 97.3 Å². The number of carboxylic acids is 2. The van der Waals surface area contributed by atoms with Crippen LogP contribution in [0.3, 0.4) is 0 Å². The Morgan fingerprint density at radius 1 is 0.962 bits per heavy atom. The molecule has 134 valence electrons. The molecular weight excluding hydrogens is 332 g/mol. The average molecular weight is 350 g/mol. The minimum atomic E-state index is -2.19. The number of hydrogen-bond donors (Lipinski definition) is 0. The van der Waals surface area contributed by atoms with Crippen molar-refractivity contribution in [2.75, 3.05) is 0 Å². The molecule has 0 amide bonds. The lowest BCUT2D eigenvalue weighted by atomic mass is 9.69. The Hall–Kier alpha value is -3.21. The average Bonchev–Trinajstić information content (AvgIpc) is 2.65. The van der Waals surface area contributed by atoms with E-state index in [1.165, 1.54) is 12.1 Å². The summed E-state index contributed by atoms with van der Waals surface area (Å²) in [7, 11) is 0. The predicted octanol–water partition coefficient (Wildman–Crippen LogP) is 0.743. The van der Waals surface area contributed by atoms with E-state index in [-0.39, 0.29) is 5.56 Å². The van der Waals surface area contributed by atoms with Crippen molar-refractivity contribution in [1.29, 1.82) is 0 Å². The van der Waals surface area contributed by atoms with Gasteiger partial charge < -0.3 is 19.8 Å². The van der Waals surface area contributed by atoms with Crippen LogP contribution in [0.25, 0.3) is 0 Å². The Kier molecular flexibility index (Phi) is 5.72. The summed E-state index contributed by atoms with van der Waals surface area (Å²) >= 11 is 0. The van der Waals surface area contributed by atoms with E-state index in [0.29, 0.717) is 5.56 Å². The number of hydrogen-bond acceptors (Lipinski definition) is 5. The zero-order valence-electron chi connectivity index (χ0n) is 14.3. The number of aliphatic carboxylic acids is 2. The van der Waals surface area contributed by atoms with Gasteiger partial charge in [-0.25, -0.2) is 0 Å². The van der Waals surface area contributed by atoms with Gasteiger partial charge in [0.05, 0.1) is 17.4 Å². The molecule has 5 nitrogen and oxygen atoms in total. The first-order valence-electron chi connectivity index (χ1n) is 8.06. The van der Waals surface area contributed by atoms with Gasteiger partial charge in [0.25, 0.3) is 0 Å². The largest absolute Gasteiger partial charge is 0.549 e. The van der Waals surface area contributed by atoms with Crippen molar-refractivity contribution in [2.24, 2.45) is 0 Å². The highest BCUT2D eigenvalue weighted by Crippen LogP contribution is 2.37. The molecule has 2 aromatic carbocycles. The minimum Gasteiger partial charge on any atom is -0.549 e. The SMILES string of the molecule is C=C(C(=O)[O-])C(CC(=O)C(C)c1ccccc1)(C(=O)[O-])c1ccccc1. The molecular formula is C21H18O5-2. The van der Waals surface area contributed by atoms with Crippen LogP contribution in [0, 0.1) is 0 Å². The summed E-state index contributed by atoms with van der Waals surface area (Å²) in [5.74, 6) is -4.50. The molecule has 0 radical (unpaired) electrons. The van der Waals surface area contributed by atoms with E-state index in [1.807, 2.05) is 0 Å². The first-order valence-corrected chi connectivity index (χ1v) is 8.06. The summed E-state index contributed by atoms with van der Waals surface area (Å²) in [6, 6.07) is 16.5. The van der Waals surface area contributed by atoms with Crippen molar-refractivity contribution in [3.05, 3.63) is 83.9 Å². The molecule has 5 heteroatoms. The number of carbonyl (C=O) groups excluding carboxylic acids is 3. The second-order valence-corrected chi connectivity index (χ2v) is 6.10. The molecule has 0 aromatic heterocycles. The van der Waals surface area contributed by atoms with Crippen molar-refractivity contribution < 1.29 is 24.6 Å². The Labute approximate surface area is 151 Å². The van der Waals surface area contributed by atoms with Crippen LogP contribution >= 0.6 is 0 Å². The number of carbonyl (C=O) groups is 3. The third-order valence-corrected chi connectivity index (χ3v) is 4.60. The molecule has 0 spiro atoms. The normalized spacial score (nSPS) is 14.0. The Morgan fingerprint density at radius 3 is 1.92 bits per heavy atom. The maximum atomic E-state index is 12.8. The Bertz CT molecular complexity index is 826. The molecule has 0 saturated heterocycles. The summed E-state index contributed by atoms with van der Waals surface area (Å²) in [6.45, 7) is 5.02. The van der Waals surface area contributed by atoms with Gasteiger partial charge >= 0.3 is 0 Å². The molecule has 2 atom stereocenters. The number of carboxylic acid groups (broad SMARTS) is 2. The monoisotopic (exact) mass is 350 g/mol. The summed E-state index contributed by atoms with van der Waals surface area (Å²) in [5, 5.41) is 23.5. The predicted molar refractivity (Wildman–Crippen MR) is 91.8 cm³/mol. The summed E-state index contributed by atoms with van der Waals surface area (Å²) < 4.78 is 0. The molecule has 2 aromatic rings. The van der Waals surface area contributed by atoms with Gasteiger partial charge in [0.2, 0.25) is 0 Å². The highest BCUT2D eigenvalue weighted by molar-refractivity contribution is 6.02. The first kappa shape index (κ1) is 19.1. The van der Waals surface area contributed by atoms with Crippen LogP contribution in [0.1, 0.15) is 30.4 Å². The van der Waals surface area contributed by atoms with Crippen molar-refractivity contribution in [3.63, 3.8) is 0 Å². The van der Waals surface area contributed by atoms with Crippen LogP contribution in [-0.2, 0) is 19.8 Å². The zero-order valence-corrected chi connectivity index (χ0v) is 14.3. The maximum absolute atomic E-state index is 12.8. The Balaban J connectivity index is 2.51. The molecule has 0 fully saturated rings. The van der Waals surface area contributed by atoms with Gasteiger partial charge in [-0.2, -0.15) is 0 Å². The van der Waals surface area contributed by atoms with Gasteiger partial charge in [-0.1, -0.05) is 74.2 Å². The lowest BCUT2D eigenvalue weighted by Gasteiger charge is -2.38. The fourth-order valence-electron chi connectivity index (χ4n) is 2.94. The van der Waals surface area contributed by atoms with E-state index in [9.17, 15) is 24.6 Å². The highest BCUT2D eigenvalue weighted by atomic mass is 16.4. The molecule has 2 unspecified atom stereocenters. The van der Waals surface area contributed by atoms with Gasteiger partial charge in [0.15, 0.2) is 0 Å². The van der Waals surface area contributed by atoms with Crippen molar-refractivity contribution in [1.82, 2.24) is 0 Å². The van der Waals surface area contributed by atoms with Crippen molar-refractivity contribution >= 4 is 17.7 Å². The van der Waals surface area contributed by atoms with Crippen molar-refractivity contribution in [2.45, 2.75) is 24.7 Å². The molecule has 0 aliphatic heterocycles. The smallest absolute Gasteiger partial charge is 0.141 e. The van der Waals surface area contributed by atoms with E-state index < -0.39 is 41.0 Å². The Morgan fingerprint density at radius 2 is 1.46 bits per heavy atom. The molecule has 2 rings (SSSR count). The fraction of sp³-hybridized carbons (Fsp3) is 0.190. The van der Waals surface area contributed by atoms with Crippen molar-refractivity contribution in [3.8, 4) is 0 Å². The van der Waals surface area contributed by atoms with Crippen LogP contribution in [-0.4, -0.2) is 17.7 Å². The van der Waals surface area contributed by atoms with E-state index in [4.69, 9.17) is 0 Å². The number of benzene rings is 2. The van der Waals surface area contributed by atoms with Crippen LogP contribution in [0.15, 0.2) is 72.8 Å². The molecule has 0 saturated carbocycles. The standard InChI is InChI=1S/C21H20O5/c1-14(16-9-5-3-6-10-16)18(22)13-21(20(25)26,15(2)19(23)24)17-11-7-4-8-12-17/h3-12,14H,2,13H2,1H3,(H,23,24)(H,25,26)/p-2. The van der Waals surface area contributed by atoms with E-state index in [0.717, 1.165) is 0 Å². The number of rotatable bonds is 8. The van der Waals surface area contributed by atoms with Gasteiger partial charge in [0.1, 0.15) is 5.78 Å². The van der Waals surface area contributed by atoms with Gasteiger partial charge in [-0.15, -0.1) is 0 Å². The summed E-state index contributed by atoms with van der Waals surface area (Å²) in [6.07, 6.45) is -0.595. The van der Waals surface area contributed by atoms with Gasteiger partial charge in [0, 0.05) is 12.3 Å². The third kappa shape index (κ3) is 3.57. The zero-order chi connectivity index (χ0) is 19.3. The third-order valence-electron chi connectivity index (χ3n) is 4.60. The number of Topliss-reactive ketones (excluding diaryl/α,β-unsaturated/α-hetero) is 1. The van der Waals surface area contributed by atoms with E-state index in [1.54, 1.807) is 55.5 Å². The fourth-order valence-corrected chi connectivity index (χ4v) is 2.94. The number of ketones is 1. The quantitative estimate of drug-likeness (QED) is 0.654. The summed E-state index contributed by atoms with van der Waals surface area (Å²) in [5.41, 5.74) is -2.09. The molecule has 0 N–H and O–H groups in total. The highest BCUT2D eigenvalue weighted by Gasteiger charge is 2.40. The molecule has 0 aliphatic carbocycles. The second kappa shape index (κ2) is 7.78. The lowest BCUT2D eigenvalue weighted by Crippen LogP contribution is -2.52. The molecule has 0 bridgehead atoms. The van der Waals surface area contributed by atoms with Gasteiger partial charge in [-0.05, 0) is 16.7 Å². The van der Waals surface area contributed by atoms with Crippen LogP contribution in [0.5, 0.6) is 0 Å². The molecule has 26 heavy (non-hydrogen) atoms. The second-order valence-electron chi connectivity index (χ2n) is 6.10. The summed E-state index contributed by atoms with van der Waals surface area (Å²) in [4.78, 5) is 36.3. The van der Waals surface area contributed by atoms with Crippen LogP contribution in [0.4, 0.5) is 0 Å². The minimum absolute atomic E-state index is 0.114. The maximum Gasteiger partial charge on any atom is 0.141 e. The molecule has 0 aliphatic rings. The molecule has 0 heterocycles.